The number of rotatable bonds is 31. The zero-order valence-electron chi connectivity index (χ0n) is 28.4. The zero-order chi connectivity index (χ0) is 32.2. The number of carboxylic acid groups (broad SMARTS) is 1. The number of esters is 1. The highest BCUT2D eigenvalue weighted by atomic mass is 16.5. The Bertz CT molecular complexity index is 830. The first-order chi connectivity index (χ1) is 21.6. The molecule has 0 fully saturated rings. The lowest BCUT2D eigenvalue weighted by Crippen LogP contribution is -2.18. The maximum absolute atomic E-state index is 12.3. The molecule has 0 aliphatic carbocycles. The monoisotopic (exact) mass is 610 g/mol. The van der Waals surface area contributed by atoms with Crippen molar-refractivity contribution >= 4 is 11.9 Å². The van der Waals surface area contributed by atoms with E-state index in [4.69, 9.17) is 9.84 Å². The number of carbonyl (C=O) groups excluding carboxylic acids is 1. The van der Waals surface area contributed by atoms with Crippen LogP contribution < -0.4 is 0 Å². The maximum atomic E-state index is 12.3. The van der Waals surface area contributed by atoms with E-state index in [1.165, 1.54) is 44.9 Å². The Hall–Kier alpha value is -2.62. The van der Waals surface area contributed by atoms with Crippen LogP contribution in [0.25, 0.3) is 0 Å². The van der Waals surface area contributed by atoms with Gasteiger partial charge in [0, 0.05) is 12.8 Å². The molecule has 0 aromatic heterocycles. The van der Waals surface area contributed by atoms with E-state index in [2.05, 4.69) is 86.8 Å². The fraction of sp³-hybridized carbons (Fsp3) is 0.650. The van der Waals surface area contributed by atoms with Crippen LogP contribution in [0, 0.1) is 0 Å². The Morgan fingerprint density at radius 1 is 0.523 bits per heavy atom. The molecule has 0 saturated carbocycles. The summed E-state index contributed by atoms with van der Waals surface area (Å²) in [7, 11) is 0. The van der Waals surface area contributed by atoms with Crippen molar-refractivity contribution < 1.29 is 19.4 Å². The Balaban J connectivity index is 3.76. The van der Waals surface area contributed by atoms with Crippen molar-refractivity contribution in [1.29, 1.82) is 0 Å². The zero-order valence-corrected chi connectivity index (χ0v) is 28.4. The summed E-state index contributed by atoms with van der Waals surface area (Å²) in [4.78, 5) is 22.9. The van der Waals surface area contributed by atoms with Crippen LogP contribution in [0.1, 0.15) is 162 Å². The number of hydrogen-bond acceptors (Lipinski definition) is 3. The molecule has 0 rings (SSSR count). The molecule has 0 aliphatic rings. The van der Waals surface area contributed by atoms with E-state index in [-0.39, 0.29) is 12.1 Å². The van der Waals surface area contributed by atoms with Gasteiger partial charge in [-0.2, -0.15) is 0 Å². The van der Waals surface area contributed by atoms with E-state index in [9.17, 15) is 9.59 Å². The van der Waals surface area contributed by atoms with Crippen LogP contribution in [0.2, 0.25) is 0 Å². The van der Waals surface area contributed by atoms with Gasteiger partial charge in [-0.05, 0) is 70.6 Å². The predicted molar refractivity (Wildman–Crippen MR) is 190 cm³/mol. The first kappa shape index (κ1) is 41.4. The topological polar surface area (TPSA) is 63.6 Å². The summed E-state index contributed by atoms with van der Waals surface area (Å²) < 4.78 is 5.80. The van der Waals surface area contributed by atoms with Gasteiger partial charge in [-0.3, -0.25) is 9.59 Å². The summed E-state index contributed by atoms with van der Waals surface area (Å²) in [6, 6.07) is 0. The number of carbonyl (C=O) groups is 2. The van der Waals surface area contributed by atoms with Crippen LogP contribution >= 0.6 is 0 Å². The van der Waals surface area contributed by atoms with E-state index in [1.807, 2.05) is 0 Å². The number of aliphatic carboxylic acids is 1. The summed E-state index contributed by atoms with van der Waals surface area (Å²) in [5.41, 5.74) is 0. The SMILES string of the molecule is CC/C=C\C/C=C\C/C=C\C/C=C\C/C=C\C/C=C\CCC(=O)OC(CCC)CCCCCCCCCCCCCC(=O)O. The average molecular weight is 611 g/mol. The van der Waals surface area contributed by atoms with Crippen LogP contribution in [-0.2, 0) is 14.3 Å². The Kier molecular flexibility index (Phi) is 32.8. The second kappa shape index (κ2) is 34.9. The van der Waals surface area contributed by atoms with E-state index >= 15 is 0 Å². The third-order valence-electron chi connectivity index (χ3n) is 7.44. The first-order valence-electron chi connectivity index (χ1n) is 17.9. The molecule has 4 heteroatoms. The van der Waals surface area contributed by atoms with Crippen molar-refractivity contribution in [3.63, 3.8) is 0 Å². The van der Waals surface area contributed by atoms with Gasteiger partial charge in [-0.15, -0.1) is 0 Å². The standard InChI is InChI=1S/C40H66O4/c1-3-5-6-7-8-9-10-11-12-13-14-15-16-17-21-24-27-30-33-37-40(43)44-38(34-4-2)35-31-28-25-22-19-18-20-23-26-29-32-36-39(41)42/h5-6,8-9,11-12,14-15,17,21,27,30,38H,3-4,7,10,13,16,18-20,22-26,28-29,31-37H2,1-2H3,(H,41,42)/b6-5-,9-8-,12-11-,15-14-,21-17-,30-27-. The van der Waals surface area contributed by atoms with Crippen molar-refractivity contribution in [2.75, 3.05) is 0 Å². The summed E-state index contributed by atoms with van der Waals surface area (Å²) in [5.74, 6) is -0.744. The smallest absolute Gasteiger partial charge is 0.306 e. The molecule has 0 aromatic rings. The van der Waals surface area contributed by atoms with Crippen molar-refractivity contribution in [2.24, 2.45) is 0 Å². The molecular weight excluding hydrogens is 544 g/mol. The predicted octanol–water partition coefficient (Wildman–Crippen LogP) is 12.3. The average Bonchev–Trinajstić information content (AvgIpc) is 3.00. The normalized spacial score (nSPS) is 13.1. The van der Waals surface area contributed by atoms with Gasteiger partial charge >= 0.3 is 11.9 Å². The summed E-state index contributed by atoms with van der Waals surface area (Å²) in [6.07, 6.45) is 49.8. The number of allylic oxidation sites excluding steroid dienone is 12. The first-order valence-corrected chi connectivity index (χ1v) is 17.9. The van der Waals surface area contributed by atoms with Crippen molar-refractivity contribution in [3.05, 3.63) is 72.9 Å². The second-order valence-corrected chi connectivity index (χ2v) is 11.7. The number of carboxylic acids is 1. The lowest BCUT2D eigenvalue weighted by atomic mass is 10.0. The molecule has 0 bridgehead atoms. The minimum Gasteiger partial charge on any atom is -0.481 e. The van der Waals surface area contributed by atoms with Gasteiger partial charge in [-0.25, -0.2) is 0 Å². The fourth-order valence-electron chi connectivity index (χ4n) is 4.91. The molecule has 1 atom stereocenters. The van der Waals surface area contributed by atoms with Crippen molar-refractivity contribution in [1.82, 2.24) is 0 Å². The molecule has 0 amide bonds. The third-order valence-corrected chi connectivity index (χ3v) is 7.44. The lowest BCUT2D eigenvalue weighted by molar-refractivity contribution is -0.149. The van der Waals surface area contributed by atoms with E-state index in [1.54, 1.807) is 0 Å². The minimum atomic E-state index is -0.680. The van der Waals surface area contributed by atoms with Crippen LogP contribution in [0.4, 0.5) is 0 Å². The minimum absolute atomic E-state index is 0.0639. The van der Waals surface area contributed by atoms with Gasteiger partial charge in [0.25, 0.3) is 0 Å². The van der Waals surface area contributed by atoms with Crippen LogP contribution in [0.5, 0.6) is 0 Å². The van der Waals surface area contributed by atoms with Gasteiger partial charge < -0.3 is 9.84 Å². The molecule has 250 valence electrons. The molecule has 1 unspecified atom stereocenters. The van der Waals surface area contributed by atoms with Gasteiger partial charge in [0.1, 0.15) is 6.10 Å². The molecule has 0 radical (unpaired) electrons. The number of ether oxygens (including phenoxy) is 1. The Morgan fingerprint density at radius 3 is 1.36 bits per heavy atom. The molecule has 0 spiro atoms. The van der Waals surface area contributed by atoms with E-state index in [0.29, 0.717) is 12.8 Å². The largest absolute Gasteiger partial charge is 0.481 e. The highest BCUT2D eigenvalue weighted by molar-refractivity contribution is 5.69. The summed E-state index contributed by atoms with van der Waals surface area (Å²) in [5, 5.41) is 8.66. The molecule has 4 nitrogen and oxygen atoms in total. The second-order valence-electron chi connectivity index (χ2n) is 11.7. The molecule has 0 heterocycles. The third kappa shape index (κ3) is 33.9. The highest BCUT2D eigenvalue weighted by Gasteiger charge is 2.13. The van der Waals surface area contributed by atoms with Crippen LogP contribution in [0.15, 0.2) is 72.9 Å². The Labute approximate surface area is 271 Å². The summed E-state index contributed by atoms with van der Waals surface area (Å²) >= 11 is 0. The van der Waals surface area contributed by atoms with Crippen LogP contribution in [-0.4, -0.2) is 23.1 Å². The Morgan fingerprint density at radius 2 is 0.932 bits per heavy atom. The lowest BCUT2D eigenvalue weighted by Gasteiger charge is -2.17. The summed E-state index contributed by atoms with van der Waals surface area (Å²) in [6.45, 7) is 4.31. The number of hydrogen-bond donors (Lipinski definition) is 1. The number of unbranched alkanes of at least 4 members (excludes halogenated alkanes) is 10. The maximum Gasteiger partial charge on any atom is 0.306 e. The molecule has 0 saturated heterocycles. The van der Waals surface area contributed by atoms with Crippen LogP contribution in [0.3, 0.4) is 0 Å². The molecular formula is C40H66O4. The highest BCUT2D eigenvalue weighted by Crippen LogP contribution is 2.16. The van der Waals surface area contributed by atoms with Gasteiger partial charge in [-0.1, -0.05) is 151 Å². The van der Waals surface area contributed by atoms with Gasteiger partial charge in [0.05, 0.1) is 0 Å². The molecule has 0 aliphatic heterocycles. The van der Waals surface area contributed by atoms with E-state index < -0.39 is 5.97 Å². The van der Waals surface area contributed by atoms with Gasteiger partial charge in [0.15, 0.2) is 0 Å². The van der Waals surface area contributed by atoms with Crippen molar-refractivity contribution in [2.45, 2.75) is 168 Å². The van der Waals surface area contributed by atoms with E-state index in [0.717, 1.165) is 89.9 Å². The quantitative estimate of drug-likeness (QED) is 0.0482. The van der Waals surface area contributed by atoms with Gasteiger partial charge in [0.2, 0.25) is 0 Å². The molecule has 0 aromatic carbocycles. The molecule has 1 N–H and O–H groups in total. The van der Waals surface area contributed by atoms with Crippen molar-refractivity contribution in [3.8, 4) is 0 Å². The molecule has 44 heavy (non-hydrogen) atoms. The fourth-order valence-corrected chi connectivity index (χ4v) is 4.91.